The number of aliphatic carboxylic acids is 1. The Labute approximate surface area is 119 Å². The van der Waals surface area contributed by atoms with Gasteiger partial charge in [-0.05, 0) is 30.5 Å². The Morgan fingerprint density at radius 3 is 2.20 bits per heavy atom. The van der Waals surface area contributed by atoms with Crippen molar-refractivity contribution < 1.29 is 23.1 Å². The van der Waals surface area contributed by atoms with Gasteiger partial charge >= 0.3 is 12.1 Å². The molecule has 1 aromatic rings. The molecule has 0 bridgehead atoms. The minimum atomic E-state index is -4.39. The second-order valence-corrected chi connectivity index (χ2v) is 6.29. The normalized spacial score (nSPS) is 18.1. The summed E-state index contributed by atoms with van der Waals surface area (Å²) in [6.07, 6.45) is -0.242. The van der Waals surface area contributed by atoms with Crippen molar-refractivity contribution in [2.45, 2.75) is 42.4 Å². The number of thioether (sulfide) groups is 1. The first-order valence-corrected chi connectivity index (χ1v) is 7.37. The lowest BCUT2D eigenvalue weighted by Crippen LogP contribution is -2.12. The van der Waals surface area contributed by atoms with E-state index in [1.165, 1.54) is 23.9 Å². The van der Waals surface area contributed by atoms with E-state index in [-0.39, 0.29) is 0 Å². The van der Waals surface area contributed by atoms with Gasteiger partial charge in [0.2, 0.25) is 0 Å². The number of carboxylic acid groups (broad SMARTS) is 1. The van der Waals surface area contributed by atoms with Gasteiger partial charge in [0.05, 0.1) is 5.56 Å². The minimum absolute atomic E-state index is 0.290. The van der Waals surface area contributed by atoms with E-state index in [9.17, 15) is 23.1 Å². The zero-order chi connectivity index (χ0) is 14.8. The molecule has 6 heteroatoms. The van der Waals surface area contributed by atoms with Gasteiger partial charge in [-0.25, -0.2) is 0 Å². The smallest absolute Gasteiger partial charge is 0.416 e. The van der Waals surface area contributed by atoms with Crippen LogP contribution in [0, 0.1) is 0 Å². The summed E-state index contributed by atoms with van der Waals surface area (Å²) in [5.74, 6) is -0.998. The fourth-order valence-corrected chi connectivity index (χ4v) is 3.76. The first kappa shape index (κ1) is 15.2. The van der Waals surface area contributed by atoms with Crippen molar-refractivity contribution in [1.29, 1.82) is 0 Å². The Hall–Kier alpha value is -1.17. The van der Waals surface area contributed by atoms with Gasteiger partial charge in [0.1, 0.15) is 5.25 Å². The standard InChI is InChI=1S/C14H15F3O2S/c15-14(16,17)10-7-5-9(6-8-10)12(13(18)19)20-11-3-1-2-4-11/h5-8,11-12H,1-4H2,(H,18,19)/t12-/m0/s1. The fourth-order valence-electron chi connectivity index (χ4n) is 2.34. The molecule has 2 nitrogen and oxygen atoms in total. The van der Waals surface area contributed by atoms with Gasteiger partial charge in [-0.15, -0.1) is 11.8 Å². The SMILES string of the molecule is O=C(O)[C@@H](SC1CCCC1)c1ccc(C(F)(F)F)cc1. The summed E-state index contributed by atoms with van der Waals surface area (Å²) >= 11 is 1.35. The maximum absolute atomic E-state index is 12.5. The molecule has 0 radical (unpaired) electrons. The van der Waals surface area contributed by atoms with Crippen molar-refractivity contribution >= 4 is 17.7 Å². The molecule has 1 aliphatic carbocycles. The van der Waals surface area contributed by atoms with Crippen LogP contribution >= 0.6 is 11.8 Å². The number of hydrogen-bond donors (Lipinski definition) is 1. The van der Waals surface area contributed by atoms with E-state index in [0.717, 1.165) is 37.8 Å². The quantitative estimate of drug-likeness (QED) is 0.889. The average Bonchev–Trinajstić information content (AvgIpc) is 2.87. The zero-order valence-electron chi connectivity index (χ0n) is 10.7. The Morgan fingerprint density at radius 1 is 1.20 bits per heavy atom. The summed E-state index contributed by atoms with van der Waals surface area (Å²) in [5, 5.41) is 8.77. The average molecular weight is 304 g/mol. The van der Waals surface area contributed by atoms with E-state index in [4.69, 9.17) is 0 Å². The summed E-state index contributed by atoms with van der Waals surface area (Å²) in [6.45, 7) is 0. The van der Waals surface area contributed by atoms with Gasteiger partial charge in [0, 0.05) is 5.25 Å². The number of benzene rings is 1. The molecule has 20 heavy (non-hydrogen) atoms. The summed E-state index contributed by atoms with van der Waals surface area (Å²) in [6, 6.07) is 4.42. The summed E-state index contributed by atoms with van der Waals surface area (Å²) < 4.78 is 37.5. The predicted octanol–water partition coefficient (Wildman–Crippen LogP) is 4.51. The second-order valence-electron chi connectivity index (χ2n) is 4.88. The highest BCUT2D eigenvalue weighted by Gasteiger charge is 2.31. The van der Waals surface area contributed by atoms with Gasteiger partial charge in [-0.2, -0.15) is 13.2 Å². The van der Waals surface area contributed by atoms with E-state index in [2.05, 4.69) is 0 Å². The highest BCUT2D eigenvalue weighted by atomic mass is 32.2. The number of halogens is 3. The van der Waals surface area contributed by atoms with Gasteiger partial charge in [0.25, 0.3) is 0 Å². The predicted molar refractivity (Wildman–Crippen MR) is 71.7 cm³/mol. The van der Waals surface area contributed by atoms with Crippen LogP contribution in [0.1, 0.15) is 42.1 Å². The lowest BCUT2D eigenvalue weighted by Gasteiger charge is -2.17. The summed E-state index contributed by atoms with van der Waals surface area (Å²) in [7, 11) is 0. The van der Waals surface area contributed by atoms with Crippen LogP contribution in [0.3, 0.4) is 0 Å². The fraction of sp³-hybridized carbons (Fsp3) is 0.500. The molecule has 0 aliphatic heterocycles. The maximum Gasteiger partial charge on any atom is 0.416 e. The third-order valence-electron chi connectivity index (χ3n) is 3.40. The Bertz CT molecular complexity index is 464. The third-order valence-corrected chi connectivity index (χ3v) is 5.00. The van der Waals surface area contributed by atoms with Crippen molar-refractivity contribution in [1.82, 2.24) is 0 Å². The van der Waals surface area contributed by atoms with E-state index >= 15 is 0 Å². The maximum atomic E-state index is 12.5. The number of carbonyl (C=O) groups is 1. The second kappa shape index (κ2) is 6.08. The molecule has 1 aliphatic rings. The molecule has 0 amide bonds. The van der Waals surface area contributed by atoms with Gasteiger partial charge in [-0.3, -0.25) is 4.79 Å². The van der Waals surface area contributed by atoms with Crippen LogP contribution in [-0.4, -0.2) is 16.3 Å². The molecule has 2 rings (SSSR count). The largest absolute Gasteiger partial charge is 0.480 e. The molecule has 1 N–H and O–H groups in total. The van der Waals surface area contributed by atoms with E-state index < -0.39 is 23.0 Å². The molecule has 1 atom stereocenters. The monoisotopic (exact) mass is 304 g/mol. The molecule has 0 saturated heterocycles. The topological polar surface area (TPSA) is 37.3 Å². The van der Waals surface area contributed by atoms with E-state index in [1.807, 2.05) is 0 Å². The Kier molecular flexibility index (Phi) is 4.62. The Balaban J connectivity index is 2.14. The first-order valence-electron chi connectivity index (χ1n) is 6.43. The molecule has 1 fully saturated rings. The molecule has 0 heterocycles. The molecule has 0 spiro atoms. The van der Waals surface area contributed by atoms with Gasteiger partial charge in [0.15, 0.2) is 0 Å². The Morgan fingerprint density at radius 2 is 1.75 bits per heavy atom. The van der Waals surface area contributed by atoms with E-state index in [1.54, 1.807) is 0 Å². The highest BCUT2D eigenvalue weighted by molar-refractivity contribution is 8.00. The summed E-state index contributed by atoms with van der Waals surface area (Å²) in [5.41, 5.74) is -0.335. The van der Waals surface area contributed by atoms with Crippen LogP contribution < -0.4 is 0 Å². The lowest BCUT2D eigenvalue weighted by atomic mass is 10.1. The molecule has 1 aromatic carbocycles. The molecule has 0 aromatic heterocycles. The molecule has 110 valence electrons. The molecule has 1 saturated carbocycles. The van der Waals surface area contributed by atoms with Crippen molar-refractivity contribution in [2.24, 2.45) is 0 Å². The van der Waals surface area contributed by atoms with Crippen LogP contribution in [-0.2, 0) is 11.0 Å². The van der Waals surface area contributed by atoms with Crippen molar-refractivity contribution in [2.75, 3.05) is 0 Å². The zero-order valence-corrected chi connectivity index (χ0v) is 11.5. The van der Waals surface area contributed by atoms with Crippen LogP contribution in [0.25, 0.3) is 0 Å². The van der Waals surface area contributed by atoms with Crippen molar-refractivity contribution in [3.05, 3.63) is 35.4 Å². The first-order chi connectivity index (χ1) is 9.38. The van der Waals surface area contributed by atoms with Crippen LogP contribution in [0.5, 0.6) is 0 Å². The highest BCUT2D eigenvalue weighted by Crippen LogP contribution is 2.40. The van der Waals surface area contributed by atoms with Gasteiger partial charge < -0.3 is 5.11 Å². The van der Waals surface area contributed by atoms with Crippen LogP contribution in [0.4, 0.5) is 13.2 Å². The molecule has 0 unspecified atom stereocenters. The summed E-state index contributed by atoms with van der Waals surface area (Å²) in [4.78, 5) is 11.3. The van der Waals surface area contributed by atoms with Crippen LogP contribution in [0.2, 0.25) is 0 Å². The van der Waals surface area contributed by atoms with Gasteiger partial charge in [-0.1, -0.05) is 25.0 Å². The van der Waals surface area contributed by atoms with E-state index in [0.29, 0.717) is 10.8 Å². The number of hydrogen-bond acceptors (Lipinski definition) is 2. The van der Waals surface area contributed by atoms with Crippen molar-refractivity contribution in [3.63, 3.8) is 0 Å². The lowest BCUT2D eigenvalue weighted by molar-refractivity contribution is -0.137. The number of rotatable bonds is 4. The number of carboxylic acids is 1. The van der Waals surface area contributed by atoms with Crippen LogP contribution in [0.15, 0.2) is 24.3 Å². The molecular formula is C14H15F3O2S. The minimum Gasteiger partial charge on any atom is -0.480 e. The third kappa shape index (κ3) is 3.69. The molecular weight excluding hydrogens is 289 g/mol. The van der Waals surface area contributed by atoms with Crippen molar-refractivity contribution in [3.8, 4) is 0 Å². The number of alkyl halides is 3.